The van der Waals surface area contributed by atoms with Gasteiger partial charge in [0.2, 0.25) is 5.88 Å². The minimum atomic E-state index is -0.257. The number of hydrogen-bond acceptors (Lipinski definition) is 9. The lowest BCUT2D eigenvalue weighted by atomic mass is 9.95. The van der Waals surface area contributed by atoms with E-state index in [9.17, 15) is 4.79 Å². The molecule has 3 fully saturated rings. The van der Waals surface area contributed by atoms with Crippen molar-refractivity contribution in [1.29, 1.82) is 0 Å². The summed E-state index contributed by atoms with van der Waals surface area (Å²) in [4.78, 5) is 25.3. The Labute approximate surface area is 251 Å². The minimum Gasteiger partial charge on any atom is -0.477 e. The number of anilines is 2. The van der Waals surface area contributed by atoms with Gasteiger partial charge < -0.3 is 19.7 Å². The van der Waals surface area contributed by atoms with E-state index >= 15 is 0 Å². The fourth-order valence-corrected chi connectivity index (χ4v) is 7.06. The molecule has 1 unspecified atom stereocenters. The second-order valence-electron chi connectivity index (χ2n) is 12.6. The Balaban J connectivity index is 1.13. The summed E-state index contributed by atoms with van der Waals surface area (Å²) in [6.07, 6.45) is 9.37. The number of nitrogens with one attached hydrogen (secondary N) is 2. The molecule has 2 N–H and O–H groups in total. The molecule has 222 valence electrons. The lowest BCUT2D eigenvalue weighted by molar-refractivity contribution is 0.0710. The van der Waals surface area contributed by atoms with Crippen molar-refractivity contribution in [1.82, 2.24) is 24.5 Å². The molecular formula is C31H39N7O3S. The molecule has 1 atom stereocenters. The van der Waals surface area contributed by atoms with Crippen LogP contribution in [0.5, 0.6) is 5.88 Å². The van der Waals surface area contributed by atoms with Crippen LogP contribution in [0.15, 0.2) is 47.6 Å². The number of amides is 1. The number of carbonyl (C=O) groups is 1. The summed E-state index contributed by atoms with van der Waals surface area (Å²) in [5.41, 5.74) is 0.242. The fraction of sp³-hybridized carbons (Fsp3) is 0.548. The number of fused-ring (bicyclic) bond motifs is 6. The van der Waals surface area contributed by atoms with Gasteiger partial charge in [-0.2, -0.15) is 0 Å². The molecule has 2 saturated carbocycles. The van der Waals surface area contributed by atoms with E-state index in [4.69, 9.17) is 14.5 Å². The van der Waals surface area contributed by atoms with Crippen LogP contribution >= 0.6 is 11.9 Å². The smallest absolute Gasteiger partial charge is 0.265 e. The van der Waals surface area contributed by atoms with Gasteiger partial charge in [-0.3, -0.25) is 9.52 Å². The second kappa shape index (κ2) is 11.4. The van der Waals surface area contributed by atoms with Gasteiger partial charge in [-0.1, -0.05) is 6.07 Å². The van der Waals surface area contributed by atoms with Crippen LogP contribution < -0.4 is 19.7 Å². The maximum absolute atomic E-state index is 13.5. The predicted octanol–water partition coefficient (Wildman–Crippen LogP) is 5.10. The van der Waals surface area contributed by atoms with E-state index in [0.717, 1.165) is 36.4 Å². The lowest BCUT2D eigenvalue weighted by Crippen LogP contribution is -2.40. The van der Waals surface area contributed by atoms with Crippen molar-refractivity contribution in [3.63, 3.8) is 0 Å². The van der Waals surface area contributed by atoms with Gasteiger partial charge in [-0.15, -0.1) is 5.10 Å². The second-order valence-corrected chi connectivity index (χ2v) is 13.4. The van der Waals surface area contributed by atoms with Gasteiger partial charge in [-0.05, 0) is 94.4 Å². The summed E-state index contributed by atoms with van der Waals surface area (Å²) in [7, 11) is 0. The van der Waals surface area contributed by atoms with E-state index in [1.54, 1.807) is 4.68 Å². The molecule has 3 aromatic heterocycles. The van der Waals surface area contributed by atoms with Crippen molar-refractivity contribution in [2.45, 2.75) is 69.0 Å². The van der Waals surface area contributed by atoms with Crippen LogP contribution in [0.4, 0.5) is 11.6 Å². The molecule has 2 aliphatic carbocycles. The third-order valence-corrected chi connectivity index (χ3v) is 9.62. The fourth-order valence-electron chi connectivity index (χ4n) is 6.46. The average molecular weight is 590 g/mol. The molecule has 4 bridgehead atoms. The van der Waals surface area contributed by atoms with Crippen molar-refractivity contribution in [3.05, 3.63) is 48.2 Å². The highest BCUT2D eigenvalue weighted by atomic mass is 32.2. The Morgan fingerprint density at radius 3 is 2.76 bits per heavy atom. The third kappa shape index (κ3) is 6.08. The van der Waals surface area contributed by atoms with E-state index in [1.807, 2.05) is 42.6 Å². The highest BCUT2D eigenvalue weighted by molar-refractivity contribution is 7.97. The number of aromatic nitrogens is 4. The molecule has 5 heterocycles. The van der Waals surface area contributed by atoms with E-state index in [1.165, 1.54) is 37.6 Å². The van der Waals surface area contributed by atoms with Crippen molar-refractivity contribution in [2.75, 3.05) is 36.5 Å². The van der Waals surface area contributed by atoms with Crippen LogP contribution in [0.2, 0.25) is 0 Å². The van der Waals surface area contributed by atoms with Gasteiger partial charge in [0, 0.05) is 42.8 Å². The first-order valence-corrected chi connectivity index (χ1v) is 16.0. The summed E-state index contributed by atoms with van der Waals surface area (Å²) >= 11 is 1.19. The first-order valence-electron chi connectivity index (χ1n) is 15.2. The van der Waals surface area contributed by atoms with Crippen LogP contribution in [0.1, 0.15) is 62.7 Å². The van der Waals surface area contributed by atoms with E-state index in [-0.39, 0.29) is 17.6 Å². The van der Waals surface area contributed by atoms with Gasteiger partial charge in [0.1, 0.15) is 16.7 Å². The largest absolute Gasteiger partial charge is 0.477 e. The van der Waals surface area contributed by atoms with Crippen molar-refractivity contribution >= 4 is 29.5 Å². The molecule has 42 heavy (non-hydrogen) atoms. The zero-order chi connectivity index (χ0) is 28.7. The highest BCUT2D eigenvalue weighted by Crippen LogP contribution is 2.50. The third-order valence-electron chi connectivity index (χ3n) is 8.89. The van der Waals surface area contributed by atoms with E-state index in [0.29, 0.717) is 54.4 Å². The molecule has 1 saturated heterocycles. The molecular weight excluding hydrogens is 550 g/mol. The minimum absolute atomic E-state index is 0.0155. The number of carbonyl (C=O) groups excluding carboxylic acids is 1. The predicted molar refractivity (Wildman–Crippen MR) is 162 cm³/mol. The normalized spacial score (nSPS) is 22.1. The summed E-state index contributed by atoms with van der Waals surface area (Å²) < 4.78 is 17.1. The SMILES string of the molecule is CC1(C)CC2CN1c1nc(-n3ccc(OCCC(C4CC4)C4CC4)n3)ccc1C(=O)NSc1cccc(n1)NCCO2. The first-order chi connectivity index (χ1) is 20.4. The van der Waals surface area contributed by atoms with Gasteiger partial charge in [0.05, 0.1) is 24.9 Å². The topological polar surface area (TPSA) is 106 Å². The van der Waals surface area contributed by atoms with Crippen LogP contribution in [-0.2, 0) is 4.74 Å². The molecule has 11 heteroatoms. The van der Waals surface area contributed by atoms with Gasteiger partial charge >= 0.3 is 0 Å². The molecule has 1 amide bonds. The number of rotatable bonds is 7. The lowest BCUT2D eigenvalue weighted by Gasteiger charge is -2.33. The zero-order valence-electron chi connectivity index (χ0n) is 24.3. The Hall–Kier alpha value is -3.31. The zero-order valence-corrected chi connectivity index (χ0v) is 25.1. The molecule has 3 aromatic rings. The van der Waals surface area contributed by atoms with E-state index < -0.39 is 0 Å². The van der Waals surface area contributed by atoms with E-state index in [2.05, 4.69) is 38.9 Å². The van der Waals surface area contributed by atoms with Crippen molar-refractivity contribution in [3.8, 4) is 11.7 Å². The number of hydrogen-bond donors (Lipinski definition) is 2. The maximum atomic E-state index is 13.5. The Kier molecular flexibility index (Phi) is 7.47. The van der Waals surface area contributed by atoms with Gasteiger partial charge in [0.15, 0.2) is 5.82 Å². The monoisotopic (exact) mass is 589 g/mol. The van der Waals surface area contributed by atoms with Crippen molar-refractivity contribution in [2.24, 2.45) is 17.8 Å². The number of pyridine rings is 2. The Bertz CT molecular complexity index is 1430. The highest BCUT2D eigenvalue weighted by Gasteiger charge is 2.42. The summed E-state index contributed by atoms with van der Waals surface area (Å²) in [5.74, 6) is 5.03. The van der Waals surface area contributed by atoms with Crippen LogP contribution in [0.25, 0.3) is 5.82 Å². The Morgan fingerprint density at radius 1 is 1.12 bits per heavy atom. The van der Waals surface area contributed by atoms with Gasteiger partial charge in [-0.25, -0.2) is 14.6 Å². The number of ether oxygens (including phenoxy) is 2. The summed E-state index contributed by atoms with van der Waals surface area (Å²) in [6, 6.07) is 11.3. The van der Waals surface area contributed by atoms with Crippen LogP contribution in [0.3, 0.4) is 0 Å². The van der Waals surface area contributed by atoms with Crippen molar-refractivity contribution < 1.29 is 14.3 Å². The average Bonchev–Trinajstić information content (AvgIpc) is 3.92. The van der Waals surface area contributed by atoms with Crippen LogP contribution in [0, 0.1) is 17.8 Å². The quantitative estimate of drug-likeness (QED) is 0.364. The molecule has 10 nitrogen and oxygen atoms in total. The summed E-state index contributed by atoms with van der Waals surface area (Å²) in [6.45, 7) is 6.89. The first kappa shape index (κ1) is 27.5. The van der Waals surface area contributed by atoms with Gasteiger partial charge in [0.25, 0.3) is 5.91 Å². The maximum Gasteiger partial charge on any atom is 0.265 e. The molecule has 0 spiro atoms. The molecule has 0 radical (unpaired) electrons. The summed E-state index contributed by atoms with van der Waals surface area (Å²) in [5, 5.41) is 8.69. The van der Waals surface area contributed by atoms with Crippen LogP contribution in [-0.4, -0.2) is 63.6 Å². The standard InChI is InChI=1S/C31H39N7O3S/c1-31(2)18-22-19-37(31)29-24(30(39)36-42-28-5-3-4-25(33-28)32-14-17-40-22)10-11-26(34-29)38-15-12-27(35-38)41-16-13-23(20-6-7-20)21-8-9-21/h3-5,10-12,15,20-23H,6-9,13-14,16-19H2,1-2H3,(H,32,33)(H,36,39). The molecule has 2 aliphatic heterocycles. The molecule has 4 aliphatic rings. The molecule has 0 aromatic carbocycles. The number of nitrogens with zero attached hydrogens (tertiary/aromatic N) is 5. The molecule has 7 rings (SSSR count). The Morgan fingerprint density at radius 2 is 1.95 bits per heavy atom.